The number of aromatic nitrogens is 2. The van der Waals surface area contributed by atoms with E-state index in [4.69, 9.17) is 14.2 Å². The van der Waals surface area contributed by atoms with Crippen molar-refractivity contribution in [1.29, 1.82) is 0 Å². The summed E-state index contributed by atoms with van der Waals surface area (Å²) in [6.07, 6.45) is 0. The quantitative estimate of drug-likeness (QED) is 0.782. The summed E-state index contributed by atoms with van der Waals surface area (Å²) in [6.45, 7) is 0.219. The molecule has 1 aromatic heterocycles. The Hall–Kier alpha value is -3.48. The van der Waals surface area contributed by atoms with Gasteiger partial charge in [-0.2, -0.15) is 5.10 Å². The molecule has 0 aliphatic carbocycles. The van der Waals surface area contributed by atoms with Crippen molar-refractivity contribution in [2.75, 3.05) is 19.2 Å². The van der Waals surface area contributed by atoms with E-state index in [1.165, 1.54) is 0 Å². The van der Waals surface area contributed by atoms with Gasteiger partial charge in [-0.15, -0.1) is 0 Å². The summed E-state index contributed by atoms with van der Waals surface area (Å²) >= 11 is 0. The summed E-state index contributed by atoms with van der Waals surface area (Å²) < 4.78 is 17.7. The molecule has 0 radical (unpaired) electrons. The van der Waals surface area contributed by atoms with E-state index in [0.29, 0.717) is 28.6 Å². The number of amides is 1. The normalized spacial score (nSPS) is 12.1. The largest absolute Gasteiger partial charge is 0.495 e. The highest BCUT2D eigenvalue weighted by Crippen LogP contribution is 2.36. The molecular weight excluding hydrogens is 334 g/mol. The molecule has 0 fully saturated rings. The van der Waals surface area contributed by atoms with E-state index in [9.17, 15) is 4.79 Å². The van der Waals surface area contributed by atoms with Crippen LogP contribution >= 0.6 is 0 Å². The van der Waals surface area contributed by atoms with E-state index in [0.717, 1.165) is 11.3 Å². The van der Waals surface area contributed by atoms with Crippen molar-refractivity contribution in [2.24, 2.45) is 7.05 Å². The van der Waals surface area contributed by atoms with Gasteiger partial charge in [0.05, 0.1) is 18.5 Å². The summed E-state index contributed by atoms with van der Waals surface area (Å²) in [7, 11) is 3.35. The number of aryl methyl sites for hydroxylation is 1. The molecule has 1 N–H and O–H groups in total. The molecular formula is C19H17N3O4. The third kappa shape index (κ3) is 2.83. The van der Waals surface area contributed by atoms with Crippen molar-refractivity contribution in [3.8, 4) is 28.5 Å². The van der Waals surface area contributed by atoms with Gasteiger partial charge >= 0.3 is 0 Å². The Morgan fingerprint density at radius 3 is 2.81 bits per heavy atom. The first kappa shape index (κ1) is 16.0. The van der Waals surface area contributed by atoms with Gasteiger partial charge < -0.3 is 19.5 Å². The minimum absolute atomic E-state index is 0.219. The highest BCUT2D eigenvalue weighted by Gasteiger charge is 2.18. The van der Waals surface area contributed by atoms with Crippen molar-refractivity contribution in [2.45, 2.75) is 0 Å². The summed E-state index contributed by atoms with van der Waals surface area (Å²) in [5, 5.41) is 7.15. The number of hydrogen-bond acceptors (Lipinski definition) is 5. The van der Waals surface area contributed by atoms with Gasteiger partial charge in [0.2, 0.25) is 6.79 Å². The molecule has 132 valence electrons. The SMILES string of the molecule is COc1ccccc1NC(=O)c1cc(-c2ccc3c(c2)OCO3)n(C)n1. The number of nitrogens with zero attached hydrogens (tertiary/aromatic N) is 2. The molecule has 2 aromatic carbocycles. The van der Waals surface area contributed by atoms with E-state index >= 15 is 0 Å². The van der Waals surface area contributed by atoms with E-state index in [-0.39, 0.29) is 12.7 Å². The molecule has 0 saturated carbocycles. The van der Waals surface area contributed by atoms with Crippen LogP contribution in [0.3, 0.4) is 0 Å². The van der Waals surface area contributed by atoms with E-state index in [1.807, 2.05) is 30.3 Å². The Morgan fingerprint density at radius 2 is 1.96 bits per heavy atom. The zero-order valence-electron chi connectivity index (χ0n) is 14.4. The van der Waals surface area contributed by atoms with Crippen molar-refractivity contribution in [3.63, 3.8) is 0 Å². The number of nitrogens with one attached hydrogen (secondary N) is 1. The van der Waals surface area contributed by atoms with Crippen LogP contribution in [0.1, 0.15) is 10.5 Å². The van der Waals surface area contributed by atoms with Crippen LogP contribution in [-0.4, -0.2) is 29.6 Å². The zero-order chi connectivity index (χ0) is 18.1. The maximum absolute atomic E-state index is 12.6. The lowest BCUT2D eigenvalue weighted by atomic mass is 10.1. The average molecular weight is 351 g/mol. The summed E-state index contributed by atoms with van der Waals surface area (Å²) in [6, 6.07) is 14.6. The lowest BCUT2D eigenvalue weighted by Gasteiger charge is -2.08. The third-order valence-electron chi connectivity index (χ3n) is 4.14. The van der Waals surface area contributed by atoms with Gasteiger partial charge in [-0.25, -0.2) is 0 Å². The van der Waals surface area contributed by atoms with E-state index in [1.54, 1.807) is 37.0 Å². The average Bonchev–Trinajstić information content (AvgIpc) is 3.27. The fourth-order valence-corrected chi connectivity index (χ4v) is 2.84. The molecule has 7 nitrogen and oxygen atoms in total. The molecule has 3 aromatic rings. The number of anilines is 1. The van der Waals surface area contributed by atoms with Gasteiger partial charge in [0.1, 0.15) is 5.75 Å². The highest BCUT2D eigenvalue weighted by atomic mass is 16.7. The summed E-state index contributed by atoms with van der Waals surface area (Å²) in [5.74, 6) is 1.68. The molecule has 0 spiro atoms. The molecule has 1 aliphatic heterocycles. The monoisotopic (exact) mass is 351 g/mol. The third-order valence-corrected chi connectivity index (χ3v) is 4.14. The zero-order valence-corrected chi connectivity index (χ0v) is 14.4. The molecule has 7 heteroatoms. The number of hydrogen-bond donors (Lipinski definition) is 1. The minimum atomic E-state index is -0.308. The van der Waals surface area contributed by atoms with Crippen LogP contribution in [0.15, 0.2) is 48.5 Å². The molecule has 4 rings (SSSR count). The number of rotatable bonds is 4. The van der Waals surface area contributed by atoms with E-state index in [2.05, 4.69) is 10.4 Å². The molecule has 0 bridgehead atoms. The fourth-order valence-electron chi connectivity index (χ4n) is 2.84. The second-order valence-electron chi connectivity index (χ2n) is 5.76. The van der Waals surface area contributed by atoms with Gasteiger partial charge in [0.15, 0.2) is 17.2 Å². The van der Waals surface area contributed by atoms with Gasteiger partial charge in [0.25, 0.3) is 5.91 Å². The fraction of sp³-hybridized carbons (Fsp3) is 0.158. The first-order chi connectivity index (χ1) is 12.7. The van der Waals surface area contributed by atoms with Crippen LogP contribution in [0.5, 0.6) is 17.2 Å². The smallest absolute Gasteiger partial charge is 0.276 e. The van der Waals surface area contributed by atoms with Crippen LogP contribution in [0.25, 0.3) is 11.3 Å². The van der Waals surface area contributed by atoms with Crippen LogP contribution in [0.4, 0.5) is 5.69 Å². The standard InChI is InChI=1S/C19H17N3O4/c1-22-15(12-7-8-17-18(9-12)26-11-25-17)10-14(21-22)19(23)20-13-5-3-4-6-16(13)24-2/h3-10H,11H2,1-2H3,(H,20,23). The Balaban J connectivity index is 1.61. The van der Waals surface area contributed by atoms with E-state index < -0.39 is 0 Å². The first-order valence-electron chi connectivity index (χ1n) is 8.04. The Labute approximate surface area is 150 Å². The number of carbonyl (C=O) groups excluding carboxylic acids is 1. The first-order valence-corrected chi connectivity index (χ1v) is 8.04. The lowest BCUT2D eigenvalue weighted by Crippen LogP contribution is -2.13. The Kier molecular flexibility index (Phi) is 3.96. The second-order valence-corrected chi connectivity index (χ2v) is 5.76. The van der Waals surface area contributed by atoms with Crippen molar-refractivity contribution >= 4 is 11.6 Å². The molecule has 26 heavy (non-hydrogen) atoms. The van der Waals surface area contributed by atoms with Gasteiger partial charge in [-0.05, 0) is 36.4 Å². The van der Waals surface area contributed by atoms with Crippen molar-refractivity contribution in [1.82, 2.24) is 9.78 Å². The molecule has 0 saturated heterocycles. The molecule has 1 amide bonds. The van der Waals surface area contributed by atoms with Crippen molar-refractivity contribution < 1.29 is 19.0 Å². The number of carbonyl (C=O) groups is 1. The molecule has 2 heterocycles. The molecule has 0 atom stereocenters. The topological polar surface area (TPSA) is 74.6 Å². The maximum atomic E-state index is 12.6. The summed E-state index contributed by atoms with van der Waals surface area (Å²) in [5.41, 5.74) is 2.59. The second kappa shape index (κ2) is 6.44. The van der Waals surface area contributed by atoms with Gasteiger partial charge in [0, 0.05) is 12.6 Å². The number of methoxy groups -OCH3 is 1. The number of fused-ring (bicyclic) bond motifs is 1. The number of para-hydroxylation sites is 2. The number of ether oxygens (including phenoxy) is 3. The van der Waals surface area contributed by atoms with Crippen LogP contribution < -0.4 is 19.5 Å². The highest BCUT2D eigenvalue weighted by molar-refractivity contribution is 6.04. The van der Waals surface area contributed by atoms with Gasteiger partial charge in [-0.3, -0.25) is 9.48 Å². The van der Waals surface area contributed by atoms with Gasteiger partial charge in [-0.1, -0.05) is 12.1 Å². The molecule has 1 aliphatic rings. The Bertz CT molecular complexity index is 981. The van der Waals surface area contributed by atoms with Crippen LogP contribution in [-0.2, 0) is 7.05 Å². The Morgan fingerprint density at radius 1 is 1.15 bits per heavy atom. The van der Waals surface area contributed by atoms with Crippen LogP contribution in [0.2, 0.25) is 0 Å². The maximum Gasteiger partial charge on any atom is 0.276 e. The number of benzene rings is 2. The lowest BCUT2D eigenvalue weighted by molar-refractivity contribution is 0.102. The van der Waals surface area contributed by atoms with Crippen molar-refractivity contribution in [3.05, 3.63) is 54.2 Å². The molecule has 0 unspecified atom stereocenters. The predicted octanol–water partition coefficient (Wildman–Crippen LogP) is 3.08. The predicted molar refractivity (Wildman–Crippen MR) is 95.7 cm³/mol. The summed E-state index contributed by atoms with van der Waals surface area (Å²) in [4.78, 5) is 12.6. The van der Waals surface area contributed by atoms with Crippen LogP contribution in [0, 0.1) is 0 Å². The minimum Gasteiger partial charge on any atom is -0.495 e.